The van der Waals surface area contributed by atoms with E-state index in [2.05, 4.69) is 5.32 Å². The van der Waals surface area contributed by atoms with E-state index < -0.39 is 5.60 Å². The van der Waals surface area contributed by atoms with Gasteiger partial charge < -0.3 is 15.5 Å². The summed E-state index contributed by atoms with van der Waals surface area (Å²) in [6, 6.07) is 6.96. The second-order valence-corrected chi connectivity index (χ2v) is 4.72. The van der Waals surface area contributed by atoms with Crippen molar-refractivity contribution in [3.05, 3.63) is 29.8 Å². The molecule has 0 saturated carbocycles. The third-order valence-electron chi connectivity index (χ3n) is 2.33. The second kappa shape index (κ2) is 5.68. The van der Waals surface area contributed by atoms with Crippen LogP contribution in [0.2, 0.25) is 0 Å². The third-order valence-corrected chi connectivity index (χ3v) is 2.33. The lowest BCUT2D eigenvalue weighted by Gasteiger charge is -2.17. The molecule has 94 valence electrons. The first-order valence-corrected chi connectivity index (χ1v) is 5.64. The van der Waals surface area contributed by atoms with Crippen LogP contribution in [0.5, 0.6) is 5.75 Å². The van der Waals surface area contributed by atoms with Crippen LogP contribution >= 0.6 is 0 Å². The molecule has 0 unspecified atom stereocenters. The highest BCUT2D eigenvalue weighted by Gasteiger charge is 2.13. The van der Waals surface area contributed by atoms with E-state index in [1.54, 1.807) is 32.0 Å². The van der Waals surface area contributed by atoms with Crippen LogP contribution in [0.1, 0.15) is 25.8 Å². The summed E-state index contributed by atoms with van der Waals surface area (Å²) in [7, 11) is 0. The number of hydrogen-bond acceptors (Lipinski definition) is 3. The lowest BCUT2D eigenvalue weighted by Crippen LogP contribution is -2.38. The van der Waals surface area contributed by atoms with Crippen LogP contribution in [0, 0.1) is 0 Å². The van der Waals surface area contributed by atoms with Gasteiger partial charge >= 0.3 is 0 Å². The third kappa shape index (κ3) is 5.36. The fourth-order valence-electron chi connectivity index (χ4n) is 1.37. The standard InChI is InChI=1S/C13H19NO3/c1-13(2,17)9-14-12(16)8-7-10-5-3-4-6-11(10)15/h3-6,15,17H,7-9H2,1-2H3,(H,14,16). The van der Waals surface area contributed by atoms with Crippen molar-refractivity contribution in [3.8, 4) is 5.75 Å². The number of carbonyl (C=O) groups excluding carboxylic acids is 1. The molecule has 0 heterocycles. The highest BCUT2D eigenvalue weighted by atomic mass is 16.3. The maximum Gasteiger partial charge on any atom is 0.220 e. The summed E-state index contributed by atoms with van der Waals surface area (Å²) in [5.74, 6) is 0.0816. The van der Waals surface area contributed by atoms with Gasteiger partial charge in [-0.05, 0) is 31.9 Å². The number of phenols is 1. The number of aromatic hydroxyl groups is 1. The van der Waals surface area contributed by atoms with E-state index in [-0.39, 0.29) is 18.2 Å². The fraction of sp³-hybridized carbons (Fsp3) is 0.462. The van der Waals surface area contributed by atoms with Gasteiger partial charge in [0.15, 0.2) is 0 Å². The lowest BCUT2D eigenvalue weighted by atomic mass is 10.1. The SMILES string of the molecule is CC(C)(O)CNC(=O)CCc1ccccc1O. The highest BCUT2D eigenvalue weighted by Crippen LogP contribution is 2.17. The van der Waals surface area contributed by atoms with Crippen molar-refractivity contribution in [1.29, 1.82) is 0 Å². The van der Waals surface area contributed by atoms with E-state index in [0.717, 1.165) is 5.56 Å². The fourth-order valence-corrected chi connectivity index (χ4v) is 1.37. The normalized spacial score (nSPS) is 11.2. The van der Waals surface area contributed by atoms with Gasteiger partial charge in [0.25, 0.3) is 0 Å². The van der Waals surface area contributed by atoms with Gasteiger partial charge in [-0.1, -0.05) is 18.2 Å². The summed E-state index contributed by atoms with van der Waals surface area (Å²) in [5, 5.41) is 21.6. The molecule has 1 rings (SSSR count). The summed E-state index contributed by atoms with van der Waals surface area (Å²) in [5.41, 5.74) is -0.143. The summed E-state index contributed by atoms with van der Waals surface area (Å²) in [6.07, 6.45) is 0.790. The van der Waals surface area contributed by atoms with E-state index >= 15 is 0 Å². The first kappa shape index (κ1) is 13.5. The summed E-state index contributed by atoms with van der Waals surface area (Å²) in [6.45, 7) is 3.50. The number of aryl methyl sites for hydroxylation is 1. The van der Waals surface area contributed by atoms with Crippen molar-refractivity contribution < 1.29 is 15.0 Å². The quantitative estimate of drug-likeness (QED) is 0.721. The zero-order valence-electron chi connectivity index (χ0n) is 10.2. The van der Waals surface area contributed by atoms with Crippen LogP contribution in [-0.2, 0) is 11.2 Å². The first-order valence-electron chi connectivity index (χ1n) is 5.64. The van der Waals surface area contributed by atoms with E-state index in [4.69, 9.17) is 0 Å². The number of phenolic OH excluding ortho intramolecular Hbond substituents is 1. The van der Waals surface area contributed by atoms with E-state index in [0.29, 0.717) is 12.8 Å². The Morgan fingerprint density at radius 3 is 2.59 bits per heavy atom. The summed E-state index contributed by atoms with van der Waals surface area (Å²) >= 11 is 0. The minimum atomic E-state index is -0.898. The molecule has 0 aliphatic heterocycles. The average molecular weight is 237 g/mol. The van der Waals surface area contributed by atoms with Crippen LogP contribution in [-0.4, -0.2) is 28.3 Å². The Labute approximate surface area is 101 Å². The number of carbonyl (C=O) groups is 1. The number of rotatable bonds is 5. The molecule has 1 aromatic carbocycles. The molecule has 3 N–H and O–H groups in total. The molecular weight excluding hydrogens is 218 g/mol. The van der Waals surface area contributed by atoms with Gasteiger partial charge in [0, 0.05) is 13.0 Å². The second-order valence-electron chi connectivity index (χ2n) is 4.72. The Balaban J connectivity index is 2.36. The Morgan fingerprint density at radius 2 is 2.00 bits per heavy atom. The maximum absolute atomic E-state index is 11.5. The van der Waals surface area contributed by atoms with Crippen molar-refractivity contribution in [2.75, 3.05) is 6.54 Å². The zero-order valence-corrected chi connectivity index (χ0v) is 10.2. The molecule has 1 amide bonds. The Morgan fingerprint density at radius 1 is 1.35 bits per heavy atom. The molecule has 0 aromatic heterocycles. The lowest BCUT2D eigenvalue weighted by molar-refractivity contribution is -0.122. The molecule has 0 atom stereocenters. The molecule has 0 aliphatic carbocycles. The number of benzene rings is 1. The van der Waals surface area contributed by atoms with Gasteiger partial charge in [0.05, 0.1) is 5.60 Å². The maximum atomic E-state index is 11.5. The molecule has 0 fully saturated rings. The van der Waals surface area contributed by atoms with Crippen molar-refractivity contribution >= 4 is 5.91 Å². The van der Waals surface area contributed by atoms with Crippen LogP contribution in [0.15, 0.2) is 24.3 Å². The van der Waals surface area contributed by atoms with Crippen LogP contribution < -0.4 is 5.32 Å². The minimum absolute atomic E-state index is 0.129. The molecule has 4 nitrogen and oxygen atoms in total. The topological polar surface area (TPSA) is 69.6 Å². The summed E-state index contributed by atoms with van der Waals surface area (Å²) < 4.78 is 0. The Kier molecular flexibility index (Phi) is 4.52. The van der Waals surface area contributed by atoms with E-state index in [9.17, 15) is 15.0 Å². The van der Waals surface area contributed by atoms with Crippen LogP contribution in [0.25, 0.3) is 0 Å². The average Bonchev–Trinajstić information content (AvgIpc) is 2.24. The predicted molar refractivity (Wildman–Crippen MR) is 65.7 cm³/mol. The van der Waals surface area contributed by atoms with Crippen molar-refractivity contribution in [3.63, 3.8) is 0 Å². The molecule has 4 heteroatoms. The largest absolute Gasteiger partial charge is 0.508 e. The summed E-state index contributed by atoms with van der Waals surface area (Å²) in [4.78, 5) is 11.5. The highest BCUT2D eigenvalue weighted by molar-refractivity contribution is 5.76. The minimum Gasteiger partial charge on any atom is -0.508 e. The monoisotopic (exact) mass is 237 g/mol. The van der Waals surface area contributed by atoms with Crippen molar-refractivity contribution in [1.82, 2.24) is 5.32 Å². The van der Waals surface area contributed by atoms with Gasteiger partial charge in [0.1, 0.15) is 5.75 Å². The number of para-hydroxylation sites is 1. The molecule has 0 bridgehead atoms. The van der Waals surface area contributed by atoms with E-state index in [1.807, 2.05) is 6.07 Å². The van der Waals surface area contributed by atoms with E-state index in [1.165, 1.54) is 0 Å². The first-order chi connectivity index (χ1) is 7.88. The number of amides is 1. The number of hydrogen-bond donors (Lipinski definition) is 3. The van der Waals surface area contributed by atoms with Crippen molar-refractivity contribution in [2.24, 2.45) is 0 Å². The molecule has 0 radical (unpaired) electrons. The van der Waals surface area contributed by atoms with Gasteiger partial charge in [-0.2, -0.15) is 0 Å². The predicted octanol–water partition coefficient (Wildman–Crippen LogP) is 1.21. The van der Waals surface area contributed by atoms with Crippen LogP contribution in [0.3, 0.4) is 0 Å². The molecule has 1 aromatic rings. The number of aliphatic hydroxyl groups is 1. The Hall–Kier alpha value is -1.55. The number of nitrogens with one attached hydrogen (secondary N) is 1. The zero-order chi connectivity index (χ0) is 12.9. The van der Waals surface area contributed by atoms with Crippen molar-refractivity contribution in [2.45, 2.75) is 32.3 Å². The molecule has 0 aliphatic rings. The molecule has 0 spiro atoms. The van der Waals surface area contributed by atoms with Crippen LogP contribution in [0.4, 0.5) is 0 Å². The van der Waals surface area contributed by atoms with Gasteiger partial charge in [-0.15, -0.1) is 0 Å². The van der Waals surface area contributed by atoms with Gasteiger partial charge in [-0.25, -0.2) is 0 Å². The smallest absolute Gasteiger partial charge is 0.220 e. The molecule has 0 saturated heterocycles. The molecular formula is C13H19NO3. The Bertz CT molecular complexity index is 382. The van der Waals surface area contributed by atoms with Gasteiger partial charge in [-0.3, -0.25) is 4.79 Å². The van der Waals surface area contributed by atoms with Gasteiger partial charge in [0.2, 0.25) is 5.91 Å². The molecule has 17 heavy (non-hydrogen) atoms.